The monoisotopic (exact) mass is 394 g/mol. The third-order valence-corrected chi connectivity index (χ3v) is 5.10. The predicted octanol–water partition coefficient (Wildman–Crippen LogP) is 6.20. The number of thiazole rings is 1. The summed E-state index contributed by atoms with van der Waals surface area (Å²) in [6, 6.07) is 18.6. The Labute approximate surface area is 154 Å². The fourth-order valence-corrected chi connectivity index (χ4v) is 3.37. The number of nitriles is 1. The van der Waals surface area contributed by atoms with Gasteiger partial charge in [-0.25, -0.2) is 4.98 Å². The van der Waals surface area contributed by atoms with Gasteiger partial charge in [0.25, 0.3) is 0 Å². The van der Waals surface area contributed by atoms with Crippen LogP contribution in [0, 0.1) is 11.3 Å². The summed E-state index contributed by atoms with van der Waals surface area (Å²) < 4.78 is 1.04. The van der Waals surface area contributed by atoms with E-state index in [1.165, 1.54) is 16.9 Å². The summed E-state index contributed by atoms with van der Waals surface area (Å²) in [7, 11) is 0. The summed E-state index contributed by atoms with van der Waals surface area (Å²) in [4.78, 5) is 4.62. The SMILES string of the molecule is CCc1ccc(C=C(C#N)c2nc(-c3ccc(Br)cc3)cs2)cc1. The van der Waals surface area contributed by atoms with Crippen LogP contribution in [0.4, 0.5) is 0 Å². The molecule has 0 N–H and O–H groups in total. The van der Waals surface area contributed by atoms with Crippen LogP contribution in [0.5, 0.6) is 0 Å². The molecule has 0 aliphatic heterocycles. The number of rotatable bonds is 4. The second kappa shape index (κ2) is 7.57. The molecule has 3 rings (SSSR count). The Balaban J connectivity index is 1.90. The van der Waals surface area contributed by atoms with Gasteiger partial charge in [0.2, 0.25) is 0 Å². The van der Waals surface area contributed by atoms with Gasteiger partial charge in [0.1, 0.15) is 11.1 Å². The standard InChI is InChI=1S/C20H15BrN2S/c1-2-14-3-5-15(6-4-14)11-17(12-22)20-23-19(13-24-20)16-7-9-18(21)10-8-16/h3-11,13H,2H2,1H3. The molecule has 1 heterocycles. The molecule has 24 heavy (non-hydrogen) atoms. The van der Waals surface area contributed by atoms with Gasteiger partial charge in [0.15, 0.2) is 0 Å². The maximum absolute atomic E-state index is 9.50. The number of hydrogen-bond acceptors (Lipinski definition) is 3. The number of benzene rings is 2. The molecule has 1 aromatic heterocycles. The van der Waals surface area contributed by atoms with Crippen molar-refractivity contribution in [1.82, 2.24) is 4.98 Å². The van der Waals surface area contributed by atoms with Gasteiger partial charge in [-0.2, -0.15) is 5.26 Å². The van der Waals surface area contributed by atoms with E-state index in [9.17, 15) is 5.26 Å². The topological polar surface area (TPSA) is 36.7 Å². The van der Waals surface area contributed by atoms with Crippen molar-refractivity contribution in [1.29, 1.82) is 5.26 Å². The third-order valence-electron chi connectivity index (χ3n) is 3.69. The Morgan fingerprint density at radius 2 is 1.88 bits per heavy atom. The number of halogens is 1. The Morgan fingerprint density at radius 3 is 2.50 bits per heavy atom. The summed E-state index contributed by atoms with van der Waals surface area (Å²) in [6.45, 7) is 2.13. The summed E-state index contributed by atoms with van der Waals surface area (Å²) >= 11 is 4.93. The minimum atomic E-state index is 0.590. The molecule has 0 bridgehead atoms. The minimum Gasteiger partial charge on any atom is -0.235 e. The van der Waals surface area contributed by atoms with E-state index >= 15 is 0 Å². The fourth-order valence-electron chi connectivity index (χ4n) is 2.31. The lowest BCUT2D eigenvalue weighted by atomic mass is 10.1. The van der Waals surface area contributed by atoms with Crippen LogP contribution in [0.1, 0.15) is 23.1 Å². The average molecular weight is 395 g/mol. The second-order valence-corrected chi connectivity index (χ2v) is 7.08. The molecule has 0 aliphatic rings. The highest BCUT2D eigenvalue weighted by atomic mass is 79.9. The number of nitrogens with zero attached hydrogens (tertiary/aromatic N) is 2. The Kier molecular flexibility index (Phi) is 5.24. The molecule has 2 nitrogen and oxygen atoms in total. The fraction of sp³-hybridized carbons (Fsp3) is 0.100. The van der Waals surface area contributed by atoms with E-state index in [0.717, 1.165) is 32.7 Å². The molecule has 0 radical (unpaired) electrons. The highest BCUT2D eigenvalue weighted by Crippen LogP contribution is 2.28. The van der Waals surface area contributed by atoms with E-state index in [0.29, 0.717) is 5.57 Å². The molecule has 0 fully saturated rings. The molecular weight excluding hydrogens is 380 g/mol. The molecule has 3 aromatic rings. The summed E-state index contributed by atoms with van der Waals surface area (Å²) in [5, 5.41) is 12.2. The lowest BCUT2D eigenvalue weighted by Crippen LogP contribution is -1.84. The van der Waals surface area contributed by atoms with Gasteiger partial charge in [-0.1, -0.05) is 59.3 Å². The van der Waals surface area contributed by atoms with Crippen molar-refractivity contribution >= 4 is 38.9 Å². The zero-order valence-electron chi connectivity index (χ0n) is 13.2. The maximum Gasteiger partial charge on any atom is 0.134 e. The van der Waals surface area contributed by atoms with E-state index in [-0.39, 0.29) is 0 Å². The van der Waals surface area contributed by atoms with E-state index in [2.05, 4.69) is 46.0 Å². The highest BCUT2D eigenvalue weighted by Gasteiger charge is 2.09. The van der Waals surface area contributed by atoms with Crippen LogP contribution < -0.4 is 0 Å². The van der Waals surface area contributed by atoms with Crippen molar-refractivity contribution in [2.45, 2.75) is 13.3 Å². The van der Waals surface area contributed by atoms with Crippen LogP contribution in [0.3, 0.4) is 0 Å². The first-order valence-electron chi connectivity index (χ1n) is 7.62. The van der Waals surface area contributed by atoms with Gasteiger partial charge >= 0.3 is 0 Å². The predicted molar refractivity (Wildman–Crippen MR) is 105 cm³/mol. The van der Waals surface area contributed by atoms with Crippen molar-refractivity contribution in [3.63, 3.8) is 0 Å². The molecule has 0 unspecified atom stereocenters. The Hall–Kier alpha value is -2.22. The van der Waals surface area contributed by atoms with Crippen LogP contribution in [-0.4, -0.2) is 4.98 Å². The second-order valence-electron chi connectivity index (χ2n) is 5.31. The van der Waals surface area contributed by atoms with Crippen LogP contribution in [-0.2, 0) is 6.42 Å². The molecule has 0 atom stereocenters. The van der Waals surface area contributed by atoms with Gasteiger partial charge in [0, 0.05) is 15.4 Å². The van der Waals surface area contributed by atoms with Crippen molar-refractivity contribution < 1.29 is 0 Å². The van der Waals surface area contributed by atoms with E-state index in [1.54, 1.807) is 0 Å². The molecule has 0 amide bonds. The highest BCUT2D eigenvalue weighted by molar-refractivity contribution is 9.10. The lowest BCUT2D eigenvalue weighted by Gasteiger charge is -1.99. The molecule has 0 saturated heterocycles. The first-order chi connectivity index (χ1) is 11.7. The molecule has 4 heteroatoms. The van der Waals surface area contributed by atoms with Crippen LogP contribution in [0.2, 0.25) is 0 Å². The van der Waals surface area contributed by atoms with E-state index < -0.39 is 0 Å². The number of aromatic nitrogens is 1. The van der Waals surface area contributed by atoms with Crippen LogP contribution in [0.25, 0.3) is 22.9 Å². The van der Waals surface area contributed by atoms with E-state index in [1.807, 2.05) is 47.9 Å². The molecule has 118 valence electrons. The average Bonchev–Trinajstić information content (AvgIpc) is 3.10. The van der Waals surface area contributed by atoms with Crippen LogP contribution >= 0.6 is 27.3 Å². The first kappa shape index (κ1) is 16.6. The maximum atomic E-state index is 9.50. The molecule has 2 aromatic carbocycles. The van der Waals surface area contributed by atoms with Gasteiger partial charge in [-0.3, -0.25) is 0 Å². The molecule has 0 saturated carbocycles. The number of aryl methyl sites for hydroxylation is 1. The summed E-state index contributed by atoms with van der Waals surface area (Å²) in [5.41, 5.74) is 4.84. The van der Waals surface area contributed by atoms with Crippen molar-refractivity contribution in [2.75, 3.05) is 0 Å². The zero-order valence-corrected chi connectivity index (χ0v) is 15.6. The molecule has 0 spiro atoms. The van der Waals surface area contributed by atoms with Gasteiger partial charge in [-0.15, -0.1) is 11.3 Å². The number of hydrogen-bond donors (Lipinski definition) is 0. The zero-order chi connectivity index (χ0) is 16.9. The summed E-state index contributed by atoms with van der Waals surface area (Å²) in [5.74, 6) is 0. The Morgan fingerprint density at radius 1 is 1.17 bits per heavy atom. The molecular formula is C20H15BrN2S. The Bertz CT molecular complexity index is 900. The third kappa shape index (κ3) is 3.81. The quantitative estimate of drug-likeness (QED) is 0.493. The smallest absolute Gasteiger partial charge is 0.134 e. The van der Waals surface area contributed by atoms with E-state index in [4.69, 9.17) is 0 Å². The largest absolute Gasteiger partial charge is 0.235 e. The number of allylic oxidation sites excluding steroid dienone is 1. The minimum absolute atomic E-state index is 0.590. The normalized spacial score (nSPS) is 11.3. The van der Waals surface area contributed by atoms with Crippen LogP contribution in [0.15, 0.2) is 58.4 Å². The first-order valence-corrected chi connectivity index (χ1v) is 9.29. The molecule has 0 aliphatic carbocycles. The van der Waals surface area contributed by atoms with Crippen molar-refractivity contribution in [3.05, 3.63) is 74.5 Å². The van der Waals surface area contributed by atoms with Gasteiger partial charge in [-0.05, 0) is 35.8 Å². The van der Waals surface area contributed by atoms with Gasteiger partial charge < -0.3 is 0 Å². The van der Waals surface area contributed by atoms with Crippen molar-refractivity contribution in [3.8, 4) is 17.3 Å². The lowest BCUT2D eigenvalue weighted by molar-refractivity contribution is 1.14. The van der Waals surface area contributed by atoms with Crippen molar-refractivity contribution in [2.24, 2.45) is 0 Å². The summed E-state index contributed by atoms with van der Waals surface area (Å²) in [6.07, 6.45) is 2.90. The van der Waals surface area contributed by atoms with Gasteiger partial charge in [0.05, 0.1) is 11.3 Å².